The van der Waals surface area contributed by atoms with E-state index in [2.05, 4.69) is 17.1 Å². The Morgan fingerprint density at radius 2 is 2.10 bits per heavy atom. The lowest BCUT2D eigenvalue weighted by molar-refractivity contribution is -0.130. The molecule has 154 valence electrons. The van der Waals surface area contributed by atoms with Gasteiger partial charge in [0.1, 0.15) is 19.1 Å². The highest BCUT2D eigenvalue weighted by Crippen LogP contribution is 2.47. The van der Waals surface area contributed by atoms with Gasteiger partial charge >= 0.3 is 0 Å². The Balaban J connectivity index is 1.63. The number of carbonyl (C=O) groups is 1. The largest absolute Gasteiger partial charge is 0.493 e. The second-order valence-electron chi connectivity index (χ2n) is 8.12. The number of aromatic nitrogens is 1. The van der Waals surface area contributed by atoms with Gasteiger partial charge in [0.2, 0.25) is 5.91 Å². The minimum absolute atomic E-state index is 0.0746. The van der Waals surface area contributed by atoms with Crippen molar-refractivity contribution in [3.63, 3.8) is 0 Å². The lowest BCUT2D eigenvalue weighted by Gasteiger charge is -2.40. The minimum atomic E-state index is -0.835. The average molecular weight is 428 g/mol. The number of likely N-dealkylation sites (N-methyl/N-ethyl adjacent to an activating group) is 1. The molecule has 1 amide bonds. The molecule has 1 aromatic carbocycles. The van der Waals surface area contributed by atoms with Gasteiger partial charge in [-0.05, 0) is 41.1 Å². The number of nitrogens with zero attached hydrogens (tertiary/aromatic N) is 3. The molecule has 3 aromatic rings. The fourth-order valence-corrected chi connectivity index (χ4v) is 5.40. The number of pyridine rings is 1. The van der Waals surface area contributed by atoms with Crippen molar-refractivity contribution in [2.45, 2.75) is 24.8 Å². The van der Waals surface area contributed by atoms with E-state index in [1.165, 1.54) is 4.90 Å². The monoisotopic (exact) mass is 428 g/mol. The van der Waals surface area contributed by atoms with Gasteiger partial charge in [0.05, 0.1) is 12.5 Å². The van der Waals surface area contributed by atoms with E-state index in [9.17, 15) is 4.79 Å². The van der Waals surface area contributed by atoms with E-state index in [1.54, 1.807) is 30.8 Å². The second kappa shape index (κ2) is 7.23. The van der Waals surface area contributed by atoms with E-state index in [1.807, 2.05) is 30.5 Å². The molecular formula is C23H21BN4O2S. The molecule has 6 nitrogen and oxygen atoms in total. The molecule has 2 aliphatic heterocycles. The number of hydrogen-bond donors (Lipinski definition) is 1. The van der Waals surface area contributed by atoms with Crippen molar-refractivity contribution in [3.05, 3.63) is 64.1 Å². The van der Waals surface area contributed by atoms with Gasteiger partial charge in [-0.15, -0.1) is 11.3 Å². The molecule has 5 rings (SSSR count). The molecule has 4 heterocycles. The molecule has 0 unspecified atom stereocenters. The van der Waals surface area contributed by atoms with Crippen LogP contribution in [0.5, 0.6) is 5.75 Å². The number of ether oxygens (including phenoxy) is 1. The molecule has 8 heteroatoms. The molecule has 0 saturated heterocycles. The van der Waals surface area contributed by atoms with Crippen LogP contribution in [0.1, 0.15) is 28.8 Å². The van der Waals surface area contributed by atoms with E-state index in [4.69, 9.17) is 23.3 Å². The lowest BCUT2D eigenvalue weighted by atomic mass is 9.77. The van der Waals surface area contributed by atoms with Gasteiger partial charge in [-0.25, -0.2) is 4.99 Å². The van der Waals surface area contributed by atoms with E-state index < -0.39 is 11.5 Å². The highest BCUT2D eigenvalue weighted by atomic mass is 32.1. The summed E-state index contributed by atoms with van der Waals surface area (Å²) in [5, 5.41) is 2.04. The van der Waals surface area contributed by atoms with Crippen molar-refractivity contribution in [1.29, 1.82) is 0 Å². The maximum Gasteiger partial charge on any atom is 0.239 e. The smallest absolute Gasteiger partial charge is 0.239 e. The van der Waals surface area contributed by atoms with Crippen LogP contribution >= 0.6 is 11.3 Å². The summed E-state index contributed by atoms with van der Waals surface area (Å²) in [5.41, 5.74) is 9.88. The molecular weight excluding hydrogens is 407 g/mol. The third kappa shape index (κ3) is 3.22. The quantitative estimate of drug-likeness (QED) is 0.650. The number of amides is 1. The fourth-order valence-electron chi connectivity index (χ4n) is 4.34. The van der Waals surface area contributed by atoms with Crippen LogP contribution in [0.25, 0.3) is 11.1 Å². The van der Waals surface area contributed by atoms with Crippen molar-refractivity contribution in [2.24, 2.45) is 10.7 Å². The first-order valence-electron chi connectivity index (χ1n) is 10.1. The zero-order valence-corrected chi connectivity index (χ0v) is 18.1. The molecule has 0 bridgehead atoms. The summed E-state index contributed by atoms with van der Waals surface area (Å²) in [6.07, 6.45) is 4.24. The number of nitrogens with two attached hydrogens (primary N) is 1. The summed E-state index contributed by atoms with van der Waals surface area (Å²) in [6.45, 7) is 2.65. The van der Waals surface area contributed by atoms with E-state index in [0.29, 0.717) is 12.1 Å². The van der Waals surface area contributed by atoms with Crippen LogP contribution in [0.2, 0.25) is 0 Å². The summed E-state index contributed by atoms with van der Waals surface area (Å²) in [5.74, 6) is 0.530. The van der Waals surface area contributed by atoms with Gasteiger partial charge < -0.3 is 10.5 Å². The SMILES string of the molecule is [B]c1cncc(-c2csc([C@@]3(C)N=C(N)N(C)C(=O)[C@H]3c3ccc4c(c3)CCO4)c2)c1. The predicted molar refractivity (Wildman–Crippen MR) is 123 cm³/mol. The minimum Gasteiger partial charge on any atom is -0.493 e. The molecule has 2 atom stereocenters. The van der Waals surface area contributed by atoms with Gasteiger partial charge in [0.25, 0.3) is 0 Å². The fraction of sp³-hybridized carbons (Fsp3) is 0.261. The van der Waals surface area contributed by atoms with E-state index in [0.717, 1.165) is 39.3 Å². The number of carbonyl (C=O) groups excluding carboxylic acids is 1. The normalized spacial score (nSPS) is 22.8. The lowest BCUT2D eigenvalue weighted by Crippen LogP contribution is -2.52. The highest BCUT2D eigenvalue weighted by Gasteiger charge is 2.48. The van der Waals surface area contributed by atoms with Crippen LogP contribution < -0.4 is 15.9 Å². The second-order valence-corrected chi connectivity index (χ2v) is 9.03. The van der Waals surface area contributed by atoms with Gasteiger partial charge in [-0.2, -0.15) is 0 Å². The zero-order valence-electron chi connectivity index (χ0n) is 17.3. The van der Waals surface area contributed by atoms with Gasteiger partial charge in [-0.3, -0.25) is 14.7 Å². The number of fused-ring (bicyclic) bond motifs is 1. The standard InChI is InChI=1S/C23H21BN4O2S/c1-23(19-9-16(12-31-19)15-8-17(24)11-26-10-15)20(21(29)28(2)22(25)27-23)14-3-4-18-13(7-14)5-6-30-18/h3-4,7-12,20H,5-6H2,1-2H3,(H2,25,27)/t20-,23-/m1/s1. The van der Waals surface area contributed by atoms with E-state index in [-0.39, 0.29) is 11.9 Å². The first kappa shape index (κ1) is 19.8. The van der Waals surface area contributed by atoms with Crippen LogP contribution in [0.15, 0.2) is 53.1 Å². The maximum atomic E-state index is 13.5. The van der Waals surface area contributed by atoms with Crippen LogP contribution in [-0.2, 0) is 16.8 Å². The Morgan fingerprint density at radius 1 is 1.26 bits per heavy atom. The molecule has 0 aliphatic carbocycles. The molecule has 2 N–H and O–H groups in total. The zero-order chi connectivity index (χ0) is 21.8. The highest BCUT2D eigenvalue weighted by molar-refractivity contribution is 7.10. The molecule has 31 heavy (non-hydrogen) atoms. The third-order valence-electron chi connectivity index (χ3n) is 6.07. The van der Waals surface area contributed by atoms with E-state index >= 15 is 0 Å². The van der Waals surface area contributed by atoms with Crippen molar-refractivity contribution < 1.29 is 9.53 Å². The van der Waals surface area contributed by atoms with Gasteiger partial charge in [-0.1, -0.05) is 23.7 Å². The van der Waals surface area contributed by atoms with Crippen molar-refractivity contribution in [2.75, 3.05) is 13.7 Å². The Bertz CT molecular complexity index is 1220. The van der Waals surface area contributed by atoms with Crippen LogP contribution in [0.3, 0.4) is 0 Å². The van der Waals surface area contributed by atoms with Crippen molar-refractivity contribution >= 4 is 36.5 Å². The van der Waals surface area contributed by atoms with Crippen molar-refractivity contribution in [1.82, 2.24) is 9.88 Å². The molecule has 2 aliphatic rings. The number of aliphatic imine (C=N–C) groups is 1. The number of guanidine groups is 1. The first-order chi connectivity index (χ1) is 14.9. The molecule has 0 saturated carbocycles. The van der Waals surface area contributed by atoms with Gasteiger partial charge in [0.15, 0.2) is 5.96 Å². The Labute approximate surface area is 186 Å². The summed E-state index contributed by atoms with van der Waals surface area (Å²) in [4.78, 5) is 24.9. The van der Waals surface area contributed by atoms with Gasteiger partial charge in [0, 0.05) is 36.3 Å². The topological polar surface area (TPSA) is 80.8 Å². The number of benzene rings is 1. The Hall–Kier alpha value is -3.13. The molecule has 0 spiro atoms. The predicted octanol–water partition coefficient (Wildman–Crippen LogP) is 2.32. The average Bonchev–Trinajstić information content (AvgIpc) is 3.42. The number of thiophene rings is 1. The number of hydrogen-bond acceptors (Lipinski definition) is 6. The Kier molecular flexibility index (Phi) is 4.62. The first-order valence-corrected chi connectivity index (χ1v) is 10.9. The maximum absolute atomic E-state index is 13.5. The summed E-state index contributed by atoms with van der Waals surface area (Å²) >= 11 is 1.56. The summed E-state index contributed by atoms with van der Waals surface area (Å²) in [6, 6.07) is 9.93. The van der Waals surface area contributed by atoms with Crippen LogP contribution in [-0.4, -0.2) is 43.3 Å². The summed E-state index contributed by atoms with van der Waals surface area (Å²) in [7, 11) is 7.58. The van der Waals surface area contributed by atoms with Crippen molar-refractivity contribution in [3.8, 4) is 16.9 Å². The van der Waals surface area contributed by atoms with Crippen LogP contribution in [0.4, 0.5) is 0 Å². The number of rotatable bonds is 3. The third-order valence-corrected chi connectivity index (χ3v) is 7.22. The molecule has 0 fully saturated rings. The Morgan fingerprint density at radius 3 is 2.90 bits per heavy atom. The molecule has 2 radical (unpaired) electrons. The summed E-state index contributed by atoms with van der Waals surface area (Å²) < 4.78 is 5.65. The van der Waals surface area contributed by atoms with Crippen LogP contribution in [0, 0.1) is 0 Å². The molecule has 2 aromatic heterocycles.